The van der Waals surface area contributed by atoms with Gasteiger partial charge in [0, 0.05) is 12.2 Å². The lowest BCUT2D eigenvalue weighted by Crippen LogP contribution is -2.42. The minimum atomic E-state index is -3.38. The molecular formula is C19H22N2O3S. The van der Waals surface area contributed by atoms with Crippen LogP contribution in [0.3, 0.4) is 0 Å². The summed E-state index contributed by atoms with van der Waals surface area (Å²) in [5.74, 6) is -0.261. The Bertz CT molecular complexity index is 850. The fourth-order valence-electron chi connectivity index (χ4n) is 3.23. The summed E-state index contributed by atoms with van der Waals surface area (Å²) in [7, 11) is -3.38. The van der Waals surface area contributed by atoms with E-state index in [2.05, 4.69) is 5.32 Å². The van der Waals surface area contributed by atoms with Crippen LogP contribution in [0.25, 0.3) is 0 Å². The van der Waals surface area contributed by atoms with Crippen molar-refractivity contribution in [3.63, 3.8) is 0 Å². The van der Waals surface area contributed by atoms with Crippen LogP contribution < -0.4 is 5.32 Å². The van der Waals surface area contributed by atoms with Crippen molar-refractivity contribution >= 4 is 21.6 Å². The van der Waals surface area contributed by atoms with Crippen LogP contribution in [0.4, 0.5) is 5.69 Å². The molecule has 0 bridgehead atoms. The van der Waals surface area contributed by atoms with Crippen LogP contribution in [-0.2, 0) is 21.2 Å². The van der Waals surface area contributed by atoms with Gasteiger partial charge in [-0.3, -0.25) is 4.79 Å². The molecule has 0 unspecified atom stereocenters. The Labute approximate surface area is 148 Å². The molecular weight excluding hydrogens is 336 g/mol. The van der Waals surface area contributed by atoms with Gasteiger partial charge in [-0.05, 0) is 36.5 Å². The highest BCUT2D eigenvalue weighted by molar-refractivity contribution is 7.88. The molecule has 5 nitrogen and oxygen atoms in total. The average Bonchev–Trinajstić information content (AvgIpc) is 3.08. The largest absolute Gasteiger partial charge is 0.324 e. The zero-order chi connectivity index (χ0) is 17.9. The molecule has 1 fully saturated rings. The van der Waals surface area contributed by atoms with Crippen molar-refractivity contribution in [1.29, 1.82) is 0 Å². The second kappa shape index (κ2) is 7.37. The Morgan fingerprint density at radius 2 is 1.80 bits per heavy atom. The Morgan fingerprint density at radius 3 is 2.52 bits per heavy atom. The molecule has 0 saturated carbocycles. The van der Waals surface area contributed by atoms with E-state index >= 15 is 0 Å². The van der Waals surface area contributed by atoms with Crippen LogP contribution in [0, 0.1) is 0 Å². The molecule has 6 heteroatoms. The summed E-state index contributed by atoms with van der Waals surface area (Å²) >= 11 is 0. The van der Waals surface area contributed by atoms with Crippen molar-refractivity contribution in [2.24, 2.45) is 0 Å². The van der Waals surface area contributed by atoms with Crippen LogP contribution in [0.1, 0.15) is 24.0 Å². The summed E-state index contributed by atoms with van der Waals surface area (Å²) in [5, 5.41) is 2.93. The zero-order valence-electron chi connectivity index (χ0n) is 14.2. The molecule has 2 aromatic rings. The second-order valence-electron chi connectivity index (χ2n) is 6.34. The predicted octanol–water partition coefficient (Wildman–Crippen LogP) is 2.64. The number of para-hydroxylation sites is 1. The maximum absolute atomic E-state index is 12.7. The number of carbonyl (C=O) groups is 1. The van der Waals surface area contributed by atoms with Crippen molar-refractivity contribution in [3.05, 3.63) is 65.7 Å². The van der Waals surface area contributed by atoms with Crippen LogP contribution in [0.5, 0.6) is 0 Å². The first-order valence-electron chi connectivity index (χ1n) is 8.34. The summed E-state index contributed by atoms with van der Waals surface area (Å²) in [6.07, 6.45) is 3.12. The van der Waals surface area contributed by atoms with E-state index in [0.29, 0.717) is 25.8 Å². The third-order valence-electron chi connectivity index (χ3n) is 4.44. The van der Waals surface area contributed by atoms with E-state index in [0.717, 1.165) is 23.1 Å². The fourth-order valence-corrected chi connectivity index (χ4v) is 4.35. The van der Waals surface area contributed by atoms with E-state index in [1.807, 2.05) is 54.6 Å². The van der Waals surface area contributed by atoms with E-state index in [4.69, 9.17) is 0 Å². The highest BCUT2D eigenvalue weighted by Gasteiger charge is 2.36. The minimum absolute atomic E-state index is 0.261. The number of amides is 1. The number of hydrogen-bond acceptors (Lipinski definition) is 3. The predicted molar refractivity (Wildman–Crippen MR) is 98.9 cm³/mol. The first-order chi connectivity index (χ1) is 11.9. The standard InChI is InChI=1S/C19H22N2O3S/c1-25(23,24)21-13-7-12-18(21)19(22)20-17-11-6-5-10-16(17)14-15-8-3-2-4-9-15/h2-6,8-11,18H,7,12-14H2,1H3,(H,20,22)/t18-/m1/s1. The Hall–Kier alpha value is -2.18. The molecule has 0 spiro atoms. The molecule has 1 aliphatic heterocycles. The summed E-state index contributed by atoms with van der Waals surface area (Å²) in [5.41, 5.74) is 2.89. The average molecular weight is 358 g/mol. The van der Waals surface area contributed by atoms with Gasteiger partial charge in [0.05, 0.1) is 6.26 Å². The lowest BCUT2D eigenvalue weighted by atomic mass is 10.0. The Kier molecular flexibility index (Phi) is 5.20. The van der Waals surface area contributed by atoms with Crippen LogP contribution in [-0.4, -0.2) is 37.5 Å². The summed E-state index contributed by atoms with van der Waals surface area (Å²) in [6.45, 7) is 0.405. The molecule has 3 rings (SSSR count). The monoisotopic (exact) mass is 358 g/mol. The fraction of sp³-hybridized carbons (Fsp3) is 0.316. The second-order valence-corrected chi connectivity index (χ2v) is 8.28. The molecule has 0 aromatic heterocycles. The van der Waals surface area contributed by atoms with Gasteiger partial charge < -0.3 is 5.32 Å². The molecule has 1 aliphatic rings. The smallest absolute Gasteiger partial charge is 0.242 e. The highest BCUT2D eigenvalue weighted by Crippen LogP contribution is 2.24. The number of hydrogen-bond donors (Lipinski definition) is 1. The molecule has 1 atom stereocenters. The van der Waals surface area contributed by atoms with Crippen molar-refractivity contribution in [1.82, 2.24) is 4.31 Å². The SMILES string of the molecule is CS(=O)(=O)N1CCC[C@@H]1C(=O)Nc1ccccc1Cc1ccccc1. The number of rotatable bonds is 5. The van der Waals surface area contributed by atoms with Gasteiger partial charge in [0.2, 0.25) is 15.9 Å². The van der Waals surface area contributed by atoms with Crippen LogP contribution in [0.2, 0.25) is 0 Å². The van der Waals surface area contributed by atoms with Crippen molar-refractivity contribution in [2.45, 2.75) is 25.3 Å². The van der Waals surface area contributed by atoms with Gasteiger partial charge in [0.25, 0.3) is 0 Å². The summed E-state index contributed by atoms with van der Waals surface area (Å²) in [6, 6.07) is 17.0. The van der Waals surface area contributed by atoms with Gasteiger partial charge in [-0.1, -0.05) is 48.5 Å². The number of anilines is 1. The van der Waals surface area contributed by atoms with Crippen molar-refractivity contribution in [3.8, 4) is 0 Å². The van der Waals surface area contributed by atoms with E-state index < -0.39 is 16.1 Å². The van der Waals surface area contributed by atoms with Crippen molar-refractivity contribution in [2.75, 3.05) is 18.1 Å². The topological polar surface area (TPSA) is 66.5 Å². The minimum Gasteiger partial charge on any atom is -0.324 e. The molecule has 1 amide bonds. The molecule has 2 aromatic carbocycles. The van der Waals surface area contributed by atoms with Crippen LogP contribution >= 0.6 is 0 Å². The quantitative estimate of drug-likeness (QED) is 0.893. The Morgan fingerprint density at radius 1 is 1.12 bits per heavy atom. The number of nitrogens with zero attached hydrogens (tertiary/aromatic N) is 1. The third kappa shape index (κ3) is 4.27. The van der Waals surface area contributed by atoms with Gasteiger partial charge in [0.1, 0.15) is 6.04 Å². The lowest BCUT2D eigenvalue weighted by molar-refractivity contribution is -0.119. The highest BCUT2D eigenvalue weighted by atomic mass is 32.2. The summed E-state index contributed by atoms with van der Waals surface area (Å²) in [4.78, 5) is 12.7. The van der Waals surface area contributed by atoms with Gasteiger partial charge in [-0.25, -0.2) is 8.42 Å². The lowest BCUT2D eigenvalue weighted by Gasteiger charge is -2.22. The molecule has 1 heterocycles. The molecule has 0 radical (unpaired) electrons. The molecule has 1 N–H and O–H groups in total. The first-order valence-corrected chi connectivity index (χ1v) is 10.2. The number of sulfonamides is 1. The molecule has 0 aliphatic carbocycles. The molecule has 1 saturated heterocycles. The van der Waals surface area contributed by atoms with Gasteiger partial charge >= 0.3 is 0 Å². The normalized spacial score (nSPS) is 18.2. The van der Waals surface area contributed by atoms with Gasteiger partial charge in [-0.2, -0.15) is 4.31 Å². The van der Waals surface area contributed by atoms with E-state index in [1.54, 1.807) is 0 Å². The maximum atomic E-state index is 12.7. The van der Waals surface area contributed by atoms with E-state index in [1.165, 1.54) is 4.31 Å². The first kappa shape index (κ1) is 17.6. The summed E-state index contributed by atoms with van der Waals surface area (Å²) < 4.78 is 25.0. The maximum Gasteiger partial charge on any atom is 0.242 e. The van der Waals surface area contributed by atoms with Crippen LogP contribution in [0.15, 0.2) is 54.6 Å². The zero-order valence-corrected chi connectivity index (χ0v) is 15.0. The number of carbonyl (C=O) groups excluding carboxylic acids is 1. The third-order valence-corrected chi connectivity index (χ3v) is 5.73. The van der Waals surface area contributed by atoms with Gasteiger partial charge in [-0.15, -0.1) is 0 Å². The molecule has 132 valence electrons. The van der Waals surface area contributed by atoms with Gasteiger partial charge in [0.15, 0.2) is 0 Å². The Balaban J connectivity index is 1.78. The van der Waals surface area contributed by atoms with E-state index in [9.17, 15) is 13.2 Å². The number of nitrogens with one attached hydrogen (secondary N) is 1. The number of benzene rings is 2. The van der Waals surface area contributed by atoms with Crippen molar-refractivity contribution < 1.29 is 13.2 Å². The molecule has 25 heavy (non-hydrogen) atoms. The van der Waals surface area contributed by atoms with E-state index in [-0.39, 0.29) is 5.91 Å².